The topological polar surface area (TPSA) is 84.2 Å². The smallest absolute Gasteiger partial charge is 0.326 e. The second kappa shape index (κ2) is 7.58. The number of hydrogen-bond acceptors (Lipinski definition) is 3. The minimum absolute atomic E-state index is 0.376. The van der Waals surface area contributed by atoms with Crippen LogP contribution in [0.15, 0.2) is 36.5 Å². The van der Waals surface area contributed by atoms with Gasteiger partial charge in [-0.3, -0.25) is 9.48 Å². The van der Waals surface area contributed by atoms with Gasteiger partial charge in [-0.15, -0.1) is 0 Å². The second-order valence-electron chi connectivity index (χ2n) is 5.40. The molecule has 0 unspecified atom stereocenters. The number of aliphatic carboxylic acids is 1. The average Bonchev–Trinajstić information content (AvgIpc) is 2.93. The molecule has 1 heterocycles. The number of nitrogens with zero attached hydrogens (tertiary/aromatic N) is 2. The van der Waals surface area contributed by atoms with Crippen molar-refractivity contribution in [3.8, 4) is 11.3 Å². The van der Waals surface area contributed by atoms with Crippen LogP contribution in [0.2, 0.25) is 0 Å². The SMILES string of the molecule is CCCC[C@H](NC(=O)c1cnn(C)c1-c1ccccc1)C(=O)O. The van der Waals surface area contributed by atoms with Crippen LogP contribution in [0, 0.1) is 0 Å². The zero-order valence-electron chi connectivity index (χ0n) is 13.3. The van der Waals surface area contributed by atoms with Crippen LogP contribution < -0.4 is 5.32 Å². The molecule has 6 heteroatoms. The molecule has 2 rings (SSSR count). The highest BCUT2D eigenvalue weighted by Gasteiger charge is 2.23. The summed E-state index contributed by atoms with van der Waals surface area (Å²) in [4.78, 5) is 23.8. The van der Waals surface area contributed by atoms with E-state index in [1.165, 1.54) is 6.20 Å². The number of unbranched alkanes of at least 4 members (excludes halogenated alkanes) is 1. The number of nitrogens with one attached hydrogen (secondary N) is 1. The first-order valence-electron chi connectivity index (χ1n) is 7.65. The Morgan fingerprint density at radius 2 is 2.00 bits per heavy atom. The molecule has 2 N–H and O–H groups in total. The minimum atomic E-state index is -1.02. The van der Waals surface area contributed by atoms with E-state index < -0.39 is 17.9 Å². The summed E-state index contributed by atoms with van der Waals surface area (Å²) >= 11 is 0. The molecule has 0 fully saturated rings. The maximum atomic E-state index is 12.5. The standard InChI is InChI=1S/C17H21N3O3/c1-3-4-10-14(17(22)23)19-16(21)13-11-18-20(2)15(13)12-8-6-5-7-9-12/h5-9,11,14H,3-4,10H2,1-2H3,(H,19,21)(H,22,23)/t14-/m0/s1. The van der Waals surface area contributed by atoms with Crippen LogP contribution in [0.3, 0.4) is 0 Å². The van der Waals surface area contributed by atoms with E-state index in [1.807, 2.05) is 37.3 Å². The van der Waals surface area contributed by atoms with Crippen molar-refractivity contribution in [1.82, 2.24) is 15.1 Å². The molecule has 1 amide bonds. The van der Waals surface area contributed by atoms with Gasteiger partial charge in [0.25, 0.3) is 5.91 Å². The Morgan fingerprint density at radius 3 is 2.61 bits per heavy atom. The predicted octanol–water partition coefficient (Wildman–Crippen LogP) is 2.46. The Hall–Kier alpha value is -2.63. The molecule has 2 aromatic rings. The molecule has 0 saturated carbocycles. The van der Waals surface area contributed by atoms with Crippen molar-refractivity contribution in [3.05, 3.63) is 42.1 Å². The lowest BCUT2D eigenvalue weighted by Crippen LogP contribution is -2.40. The van der Waals surface area contributed by atoms with Gasteiger partial charge in [0.15, 0.2) is 0 Å². The van der Waals surface area contributed by atoms with Gasteiger partial charge in [0, 0.05) is 12.6 Å². The first-order chi connectivity index (χ1) is 11.0. The lowest BCUT2D eigenvalue weighted by Gasteiger charge is -2.14. The van der Waals surface area contributed by atoms with Gasteiger partial charge in [0.05, 0.1) is 17.5 Å². The normalized spacial score (nSPS) is 11.9. The number of hydrogen-bond donors (Lipinski definition) is 2. The molecule has 0 radical (unpaired) electrons. The van der Waals surface area contributed by atoms with Crippen LogP contribution in [0.4, 0.5) is 0 Å². The van der Waals surface area contributed by atoms with Gasteiger partial charge in [-0.05, 0) is 6.42 Å². The van der Waals surface area contributed by atoms with Gasteiger partial charge in [-0.2, -0.15) is 5.10 Å². The molecule has 0 bridgehead atoms. The number of benzene rings is 1. The van der Waals surface area contributed by atoms with Gasteiger partial charge in [0.2, 0.25) is 0 Å². The quantitative estimate of drug-likeness (QED) is 0.822. The van der Waals surface area contributed by atoms with Crippen molar-refractivity contribution in [1.29, 1.82) is 0 Å². The van der Waals surface area contributed by atoms with Gasteiger partial charge >= 0.3 is 5.97 Å². The molecular weight excluding hydrogens is 294 g/mol. The lowest BCUT2D eigenvalue weighted by atomic mass is 10.1. The molecule has 1 aromatic carbocycles. The zero-order valence-corrected chi connectivity index (χ0v) is 13.3. The fourth-order valence-electron chi connectivity index (χ4n) is 2.44. The molecule has 0 spiro atoms. The highest BCUT2D eigenvalue weighted by Crippen LogP contribution is 2.22. The number of rotatable bonds is 7. The van der Waals surface area contributed by atoms with Gasteiger partial charge < -0.3 is 10.4 Å². The average molecular weight is 315 g/mol. The predicted molar refractivity (Wildman–Crippen MR) is 87.1 cm³/mol. The third-order valence-electron chi connectivity index (χ3n) is 3.68. The number of carbonyl (C=O) groups is 2. The summed E-state index contributed by atoms with van der Waals surface area (Å²) in [7, 11) is 1.75. The van der Waals surface area contributed by atoms with E-state index in [4.69, 9.17) is 0 Å². The van der Waals surface area contributed by atoms with E-state index in [9.17, 15) is 14.7 Å². The third-order valence-corrected chi connectivity index (χ3v) is 3.68. The van der Waals surface area contributed by atoms with Crippen LogP contribution in [0.1, 0.15) is 36.5 Å². The van der Waals surface area contributed by atoms with Crippen molar-refractivity contribution >= 4 is 11.9 Å². The van der Waals surface area contributed by atoms with E-state index in [1.54, 1.807) is 11.7 Å². The summed E-state index contributed by atoms with van der Waals surface area (Å²) in [6.45, 7) is 1.98. The molecular formula is C17H21N3O3. The van der Waals surface area contributed by atoms with Crippen molar-refractivity contribution in [2.75, 3.05) is 0 Å². The number of aromatic nitrogens is 2. The van der Waals surface area contributed by atoms with Crippen molar-refractivity contribution in [2.45, 2.75) is 32.2 Å². The zero-order chi connectivity index (χ0) is 16.8. The molecule has 0 aliphatic heterocycles. The van der Waals surface area contributed by atoms with Crippen molar-refractivity contribution < 1.29 is 14.7 Å². The van der Waals surface area contributed by atoms with Gasteiger partial charge in [-0.25, -0.2) is 4.79 Å². The molecule has 6 nitrogen and oxygen atoms in total. The van der Waals surface area contributed by atoms with Crippen molar-refractivity contribution in [2.24, 2.45) is 7.05 Å². The number of carbonyl (C=O) groups excluding carboxylic acids is 1. The molecule has 0 aliphatic carbocycles. The minimum Gasteiger partial charge on any atom is -0.480 e. The molecule has 122 valence electrons. The van der Waals surface area contributed by atoms with E-state index in [0.717, 1.165) is 18.4 Å². The Bertz CT molecular complexity index is 680. The highest BCUT2D eigenvalue weighted by molar-refractivity contribution is 6.01. The Balaban J connectivity index is 2.25. The molecule has 0 aliphatic rings. The van der Waals surface area contributed by atoms with Gasteiger partial charge in [-0.1, -0.05) is 50.1 Å². The summed E-state index contributed by atoms with van der Waals surface area (Å²) in [6, 6.07) is 8.55. The first kappa shape index (κ1) is 16.7. The number of amides is 1. The summed E-state index contributed by atoms with van der Waals surface area (Å²) in [5, 5.41) is 16.0. The Kier molecular flexibility index (Phi) is 5.51. The van der Waals surface area contributed by atoms with Crippen LogP contribution in [-0.4, -0.2) is 32.8 Å². The highest BCUT2D eigenvalue weighted by atomic mass is 16.4. The lowest BCUT2D eigenvalue weighted by molar-refractivity contribution is -0.139. The van der Waals surface area contributed by atoms with E-state index in [-0.39, 0.29) is 0 Å². The third kappa shape index (κ3) is 3.97. The molecule has 23 heavy (non-hydrogen) atoms. The van der Waals surface area contributed by atoms with E-state index in [2.05, 4.69) is 10.4 Å². The largest absolute Gasteiger partial charge is 0.480 e. The number of aryl methyl sites for hydroxylation is 1. The number of carboxylic acids is 1. The summed E-state index contributed by atoms with van der Waals surface area (Å²) in [5.41, 5.74) is 1.90. The summed E-state index contributed by atoms with van der Waals surface area (Å²) in [6.07, 6.45) is 3.51. The molecule has 0 saturated heterocycles. The van der Waals surface area contributed by atoms with Crippen LogP contribution >= 0.6 is 0 Å². The van der Waals surface area contributed by atoms with Crippen molar-refractivity contribution in [3.63, 3.8) is 0 Å². The molecule has 1 aromatic heterocycles. The monoisotopic (exact) mass is 315 g/mol. The molecule has 1 atom stereocenters. The maximum Gasteiger partial charge on any atom is 0.326 e. The summed E-state index contributed by atoms with van der Waals surface area (Å²) in [5.74, 6) is -1.43. The Morgan fingerprint density at radius 1 is 1.30 bits per heavy atom. The maximum absolute atomic E-state index is 12.5. The Labute approximate surface area is 135 Å². The van der Waals surface area contributed by atoms with E-state index in [0.29, 0.717) is 17.7 Å². The van der Waals surface area contributed by atoms with Crippen LogP contribution in [0.5, 0.6) is 0 Å². The fraction of sp³-hybridized carbons (Fsp3) is 0.353. The van der Waals surface area contributed by atoms with Crippen LogP contribution in [0.25, 0.3) is 11.3 Å². The number of carboxylic acid groups (broad SMARTS) is 1. The first-order valence-corrected chi connectivity index (χ1v) is 7.65. The second-order valence-corrected chi connectivity index (χ2v) is 5.40. The van der Waals surface area contributed by atoms with Gasteiger partial charge in [0.1, 0.15) is 6.04 Å². The van der Waals surface area contributed by atoms with Crippen LogP contribution in [-0.2, 0) is 11.8 Å². The summed E-state index contributed by atoms with van der Waals surface area (Å²) < 4.78 is 1.62. The fourth-order valence-corrected chi connectivity index (χ4v) is 2.44. The van der Waals surface area contributed by atoms with E-state index >= 15 is 0 Å².